The van der Waals surface area contributed by atoms with Crippen molar-refractivity contribution in [2.24, 2.45) is 0 Å². The van der Waals surface area contributed by atoms with Crippen molar-refractivity contribution in [2.75, 3.05) is 39.2 Å². The summed E-state index contributed by atoms with van der Waals surface area (Å²) in [4.78, 5) is 29.3. The smallest absolute Gasteiger partial charge is 0.322 e. The van der Waals surface area contributed by atoms with Crippen LogP contribution in [0.5, 0.6) is 11.5 Å². The van der Waals surface area contributed by atoms with E-state index in [4.69, 9.17) is 21.1 Å². The van der Waals surface area contributed by atoms with E-state index in [1.807, 2.05) is 23.1 Å². The van der Waals surface area contributed by atoms with E-state index in [0.717, 1.165) is 5.56 Å². The van der Waals surface area contributed by atoms with Gasteiger partial charge in [0, 0.05) is 19.2 Å². The van der Waals surface area contributed by atoms with Gasteiger partial charge >= 0.3 is 6.03 Å². The van der Waals surface area contributed by atoms with Gasteiger partial charge in [-0.05, 0) is 23.1 Å². The summed E-state index contributed by atoms with van der Waals surface area (Å²) >= 11 is 6.21. The van der Waals surface area contributed by atoms with Gasteiger partial charge in [-0.25, -0.2) is 4.79 Å². The van der Waals surface area contributed by atoms with Crippen molar-refractivity contribution in [1.29, 1.82) is 0 Å². The minimum Gasteiger partial charge on any atom is -0.495 e. The molecule has 0 radical (unpaired) electrons. The van der Waals surface area contributed by atoms with Crippen molar-refractivity contribution in [2.45, 2.75) is 18.9 Å². The van der Waals surface area contributed by atoms with Gasteiger partial charge in [0.1, 0.15) is 18.0 Å². The Kier molecular flexibility index (Phi) is 5.47. The second-order valence-corrected chi connectivity index (χ2v) is 8.00. The Morgan fingerprint density at radius 2 is 1.80 bits per heavy atom. The van der Waals surface area contributed by atoms with Crippen molar-refractivity contribution >= 4 is 29.2 Å². The van der Waals surface area contributed by atoms with E-state index in [2.05, 4.69) is 18.3 Å². The van der Waals surface area contributed by atoms with Crippen LogP contribution in [0.2, 0.25) is 5.02 Å². The number of urea groups is 1. The molecule has 0 saturated carbocycles. The van der Waals surface area contributed by atoms with Crippen molar-refractivity contribution < 1.29 is 19.1 Å². The highest BCUT2D eigenvalue weighted by Crippen LogP contribution is 2.39. The Morgan fingerprint density at radius 3 is 2.50 bits per heavy atom. The summed E-state index contributed by atoms with van der Waals surface area (Å²) in [5.41, 5.74) is 2.76. The molecule has 2 aliphatic heterocycles. The first-order valence-electron chi connectivity index (χ1n) is 9.78. The molecule has 1 saturated heterocycles. The zero-order chi connectivity index (χ0) is 21.4. The number of fused-ring (bicyclic) bond motifs is 3. The molecule has 2 heterocycles. The molecular weight excluding hydrogens is 406 g/mol. The van der Waals surface area contributed by atoms with Gasteiger partial charge in [0.05, 0.1) is 31.0 Å². The topological polar surface area (TPSA) is 71.1 Å². The second-order valence-electron chi connectivity index (χ2n) is 7.59. The van der Waals surface area contributed by atoms with Crippen LogP contribution in [-0.4, -0.2) is 55.6 Å². The van der Waals surface area contributed by atoms with Crippen LogP contribution in [0.4, 0.5) is 10.5 Å². The number of piperazine rings is 1. The molecule has 4 rings (SSSR count). The SMILES string of the molecule is COc1cc(OC)c(NC(=O)N2CC(=O)N3CC(C)c4ccccc4C3C2)cc1Cl. The maximum Gasteiger partial charge on any atom is 0.322 e. The summed E-state index contributed by atoms with van der Waals surface area (Å²) in [5.74, 6) is 1.09. The average Bonchev–Trinajstić information content (AvgIpc) is 2.74. The zero-order valence-electron chi connectivity index (χ0n) is 17.1. The number of rotatable bonds is 3. The summed E-state index contributed by atoms with van der Waals surface area (Å²) in [5, 5.41) is 3.17. The summed E-state index contributed by atoms with van der Waals surface area (Å²) in [7, 11) is 3.01. The number of amides is 3. The normalized spacial score (nSPS) is 20.3. The number of carbonyl (C=O) groups is 2. The number of nitrogens with zero attached hydrogens (tertiary/aromatic N) is 2. The zero-order valence-corrected chi connectivity index (χ0v) is 17.9. The Hall–Kier alpha value is -2.93. The summed E-state index contributed by atoms with van der Waals surface area (Å²) in [6.07, 6.45) is 0. The number of anilines is 1. The predicted molar refractivity (Wildman–Crippen MR) is 114 cm³/mol. The summed E-state index contributed by atoms with van der Waals surface area (Å²) in [6, 6.07) is 10.8. The van der Waals surface area contributed by atoms with Crippen LogP contribution in [0.1, 0.15) is 30.0 Å². The number of hydrogen-bond donors (Lipinski definition) is 1. The van der Waals surface area contributed by atoms with E-state index < -0.39 is 0 Å². The molecule has 2 aromatic rings. The number of methoxy groups -OCH3 is 2. The molecule has 7 nitrogen and oxygen atoms in total. The maximum absolute atomic E-state index is 13.0. The maximum atomic E-state index is 13.0. The van der Waals surface area contributed by atoms with E-state index in [-0.39, 0.29) is 30.4 Å². The molecule has 2 aromatic carbocycles. The average molecular weight is 430 g/mol. The fraction of sp³-hybridized carbons (Fsp3) is 0.364. The third-order valence-corrected chi connectivity index (χ3v) is 6.07. The molecule has 0 bridgehead atoms. The Morgan fingerprint density at radius 1 is 1.10 bits per heavy atom. The van der Waals surface area contributed by atoms with Gasteiger partial charge in [-0.3, -0.25) is 4.79 Å². The van der Waals surface area contributed by atoms with Crippen LogP contribution < -0.4 is 14.8 Å². The first-order valence-corrected chi connectivity index (χ1v) is 10.2. The quantitative estimate of drug-likeness (QED) is 0.803. The number of halogens is 1. The molecule has 2 unspecified atom stereocenters. The van der Waals surface area contributed by atoms with E-state index in [9.17, 15) is 9.59 Å². The summed E-state index contributed by atoms with van der Waals surface area (Å²) < 4.78 is 10.5. The lowest BCUT2D eigenvalue weighted by Gasteiger charge is -2.46. The number of ether oxygens (including phenoxy) is 2. The molecule has 30 heavy (non-hydrogen) atoms. The van der Waals surface area contributed by atoms with Crippen LogP contribution in [0.25, 0.3) is 0 Å². The lowest BCUT2D eigenvalue weighted by molar-refractivity contribution is -0.139. The predicted octanol–water partition coefficient (Wildman–Crippen LogP) is 3.89. The van der Waals surface area contributed by atoms with Crippen LogP contribution in [0, 0.1) is 0 Å². The Labute approximate surface area is 180 Å². The van der Waals surface area contributed by atoms with Gasteiger partial charge in [0.15, 0.2) is 0 Å². The summed E-state index contributed by atoms with van der Waals surface area (Å²) in [6.45, 7) is 3.25. The molecule has 0 aromatic heterocycles. The van der Waals surface area contributed by atoms with Gasteiger partial charge in [0.2, 0.25) is 5.91 Å². The van der Waals surface area contributed by atoms with Crippen molar-refractivity contribution in [3.63, 3.8) is 0 Å². The molecule has 2 aliphatic rings. The Bertz CT molecular complexity index is 996. The third kappa shape index (κ3) is 3.54. The van der Waals surface area contributed by atoms with Crippen molar-refractivity contribution in [3.05, 3.63) is 52.5 Å². The first-order chi connectivity index (χ1) is 14.4. The van der Waals surface area contributed by atoms with Gasteiger partial charge < -0.3 is 24.6 Å². The van der Waals surface area contributed by atoms with E-state index >= 15 is 0 Å². The molecule has 1 fully saturated rings. The van der Waals surface area contributed by atoms with Gasteiger partial charge in [-0.1, -0.05) is 42.8 Å². The van der Waals surface area contributed by atoms with Gasteiger partial charge in [-0.15, -0.1) is 0 Å². The molecule has 1 N–H and O–H groups in total. The number of benzene rings is 2. The third-order valence-electron chi connectivity index (χ3n) is 5.78. The van der Waals surface area contributed by atoms with Crippen LogP contribution in [0.15, 0.2) is 36.4 Å². The van der Waals surface area contributed by atoms with E-state index in [1.54, 1.807) is 12.1 Å². The van der Waals surface area contributed by atoms with Crippen LogP contribution in [0.3, 0.4) is 0 Å². The van der Waals surface area contributed by atoms with Crippen molar-refractivity contribution in [3.8, 4) is 11.5 Å². The first kappa shape index (κ1) is 20.3. The lowest BCUT2D eigenvalue weighted by atomic mass is 9.85. The molecule has 0 aliphatic carbocycles. The Balaban J connectivity index is 1.58. The highest BCUT2D eigenvalue weighted by Gasteiger charge is 2.40. The minimum absolute atomic E-state index is 0.0312. The second kappa shape index (κ2) is 8.07. The molecule has 2 atom stereocenters. The standard InChI is InChI=1S/C22H24ClN3O4/c1-13-10-26-18(15-7-5-4-6-14(13)15)11-25(12-21(26)27)22(28)24-17-8-16(23)19(29-2)9-20(17)30-3/h4-9,13,18H,10-12H2,1-3H3,(H,24,28). The molecular formula is C22H24ClN3O4. The number of hydrogen-bond acceptors (Lipinski definition) is 4. The molecule has 0 spiro atoms. The van der Waals surface area contributed by atoms with Gasteiger partial charge in [0.25, 0.3) is 0 Å². The highest BCUT2D eigenvalue weighted by atomic mass is 35.5. The monoisotopic (exact) mass is 429 g/mol. The van der Waals surface area contributed by atoms with Crippen molar-refractivity contribution in [1.82, 2.24) is 9.80 Å². The molecule has 8 heteroatoms. The van der Waals surface area contributed by atoms with Crippen LogP contribution in [-0.2, 0) is 4.79 Å². The fourth-order valence-corrected chi connectivity index (χ4v) is 4.50. The minimum atomic E-state index is -0.376. The molecule has 158 valence electrons. The van der Waals surface area contributed by atoms with E-state index in [1.165, 1.54) is 24.7 Å². The van der Waals surface area contributed by atoms with E-state index in [0.29, 0.717) is 35.3 Å². The fourth-order valence-electron chi connectivity index (χ4n) is 4.26. The number of carbonyl (C=O) groups excluding carboxylic acids is 2. The molecule has 3 amide bonds. The van der Waals surface area contributed by atoms with Crippen LogP contribution >= 0.6 is 11.6 Å². The number of nitrogens with one attached hydrogen (secondary N) is 1. The largest absolute Gasteiger partial charge is 0.495 e. The lowest BCUT2D eigenvalue weighted by Crippen LogP contribution is -2.56. The van der Waals surface area contributed by atoms with Gasteiger partial charge in [-0.2, -0.15) is 0 Å². The highest BCUT2D eigenvalue weighted by molar-refractivity contribution is 6.32.